The molecule has 4 nitrogen and oxygen atoms in total. The first-order chi connectivity index (χ1) is 12.2. The minimum absolute atomic E-state index is 0.233. The summed E-state index contributed by atoms with van der Waals surface area (Å²) >= 11 is 0. The average Bonchev–Trinajstić information content (AvgIpc) is 3.14. The van der Waals surface area contributed by atoms with E-state index in [4.69, 9.17) is 4.74 Å². The normalized spacial score (nSPS) is 27.2. The number of rotatable bonds is 5. The van der Waals surface area contributed by atoms with Crippen molar-refractivity contribution in [3.8, 4) is 11.5 Å². The smallest absolute Gasteiger partial charge is 0.133 e. The van der Waals surface area contributed by atoms with Gasteiger partial charge in [-0.25, -0.2) is 0 Å². The molecule has 0 bridgehead atoms. The van der Waals surface area contributed by atoms with Crippen LogP contribution in [-0.2, 0) is 0 Å². The van der Waals surface area contributed by atoms with E-state index >= 15 is 0 Å². The number of nitrogens with zero attached hydrogens (tertiary/aromatic N) is 2. The summed E-state index contributed by atoms with van der Waals surface area (Å²) in [7, 11) is 0. The number of hydrogen-bond acceptors (Lipinski definition) is 4. The van der Waals surface area contributed by atoms with Gasteiger partial charge in [0.05, 0.1) is 12.3 Å². The Hall–Kier alpha value is -2.07. The first kappa shape index (κ1) is 16.4. The van der Waals surface area contributed by atoms with Crippen LogP contribution in [0.1, 0.15) is 31.4 Å². The van der Waals surface area contributed by atoms with Crippen molar-refractivity contribution >= 4 is 0 Å². The Morgan fingerprint density at radius 3 is 2.48 bits per heavy atom. The summed E-state index contributed by atoms with van der Waals surface area (Å²) in [5, 5.41) is 9.38. The lowest BCUT2D eigenvalue weighted by Gasteiger charge is -2.22. The summed E-state index contributed by atoms with van der Waals surface area (Å²) in [6.07, 6.45) is 4.25. The number of aromatic nitrogens is 1. The van der Waals surface area contributed by atoms with Crippen molar-refractivity contribution in [1.82, 2.24) is 9.88 Å². The van der Waals surface area contributed by atoms with Gasteiger partial charge < -0.3 is 14.7 Å². The van der Waals surface area contributed by atoms with Gasteiger partial charge in [-0.1, -0.05) is 25.1 Å². The van der Waals surface area contributed by atoms with Crippen LogP contribution in [0.3, 0.4) is 0 Å². The predicted octanol–water partition coefficient (Wildman–Crippen LogP) is 3.68. The largest absolute Gasteiger partial charge is 0.506 e. The van der Waals surface area contributed by atoms with Gasteiger partial charge in [-0.3, -0.25) is 4.98 Å². The molecule has 25 heavy (non-hydrogen) atoms. The van der Waals surface area contributed by atoms with Gasteiger partial charge in [-0.2, -0.15) is 0 Å². The fourth-order valence-electron chi connectivity index (χ4n) is 4.45. The van der Waals surface area contributed by atoms with E-state index in [2.05, 4.69) is 16.8 Å². The van der Waals surface area contributed by atoms with E-state index in [1.807, 2.05) is 36.4 Å². The molecule has 4 atom stereocenters. The number of likely N-dealkylation sites (tertiary alicyclic amines) is 1. The minimum atomic E-state index is 0.233. The van der Waals surface area contributed by atoms with Gasteiger partial charge >= 0.3 is 0 Å². The van der Waals surface area contributed by atoms with E-state index in [9.17, 15) is 5.11 Å². The number of benzene rings is 1. The molecule has 1 aliphatic carbocycles. The Morgan fingerprint density at radius 1 is 1.12 bits per heavy atom. The van der Waals surface area contributed by atoms with Crippen molar-refractivity contribution in [2.24, 2.45) is 11.8 Å². The van der Waals surface area contributed by atoms with Gasteiger partial charge in [0.25, 0.3) is 0 Å². The van der Waals surface area contributed by atoms with Gasteiger partial charge in [0.1, 0.15) is 11.5 Å². The minimum Gasteiger partial charge on any atom is -0.506 e. The van der Waals surface area contributed by atoms with E-state index in [0.29, 0.717) is 12.0 Å². The number of ether oxygens (including phenoxy) is 1. The molecule has 0 amide bonds. The summed E-state index contributed by atoms with van der Waals surface area (Å²) in [5.74, 6) is 3.13. The van der Waals surface area contributed by atoms with E-state index in [0.717, 1.165) is 29.8 Å². The third-order valence-electron chi connectivity index (χ3n) is 5.64. The molecule has 2 aromatic rings. The number of aromatic hydroxyl groups is 1. The van der Waals surface area contributed by atoms with Crippen LogP contribution in [0.15, 0.2) is 48.7 Å². The first-order valence-electron chi connectivity index (χ1n) is 9.26. The van der Waals surface area contributed by atoms with Crippen LogP contribution < -0.4 is 4.74 Å². The summed E-state index contributed by atoms with van der Waals surface area (Å²) < 4.78 is 6.16. The maximum Gasteiger partial charge on any atom is 0.133 e. The molecule has 1 aliphatic heterocycles. The monoisotopic (exact) mass is 338 g/mol. The lowest BCUT2D eigenvalue weighted by molar-refractivity contribution is 0.184. The average molecular weight is 338 g/mol. The van der Waals surface area contributed by atoms with Gasteiger partial charge in [0.2, 0.25) is 0 Å². The van der Waals surface area contributed by atoms with Crippen LogP contribution >= 0.6 is 0 Å². The van der Waals surface area contributed by atoms with Crippen LogP contribution in [0.25, 0.3) is 0 Å². The fraction of sp³-hybridized carbons (Fsp3) is 0.476. The lowest BCUT2D eigenvalue weighted by atomic mass is 10.0. The summed E-state index contributed by atoms with van der Waals surface area (Å²) in [6, 6.07) is 13.8. The van der Waals surface area contributed by atoms with Crippen LogP contribution in [0.2, 0.25) is 0 Å². The zero-order valence-electron chi connectivity index (χ0n) is 14.7. The van der Waals surface area contributed by atoms with Crippen molar-refractivity contribution in [2.75, 3.05) is 19.6 Å². The molecule has 2 fully saturated rings. The molecule has 1 aromatic carbocycles. The first-order valence-corrected chi connectivity index (χ1v) is 9.26. The van der Waals surface area contributed by atoms with Crippen LogP contribution in [0.4, 0.5) is 0 Å². The molecule has 2 heterocycles. The highest BCUT2D eigenvalue weighted by molar-refractivity contribution is 5.22. The Morgan fingerprint density at radius 2 is 1.84 bits per heavy atom. The second-order valence-corrected chi connectivity index (χ2v) is 7.61. The third kappa shape index (κ3) is 3.79. The van der Waals surface area contributed by atoms with E-state index < -0.39 is 0 Å². The SMILES string of the molecule is CC(CN1C[C@H]2CC(Oc3ccccc3)C[C@H]2C1)c1ccc(O)cn1. The Kier molecular flexibility index (Phi) is 4.62. The molecule has 1 N–H and O–H groups in total. The summed E-state index contributed by atoms with van der Waals surface area (Å²) in [6.45, 7) is 5.59. The van der Waals surface area contributed by atoms with Gasteiger partial charge in [0.15, 0.2) is 0 Å². The van der Waals surface area contributed by atoms with Crippen molar-refractivity contribution in [1.29, 1.82) is 0 Å². The second kappa shape index (κ2) is 7.04. The number of pyridine rings is 1. The summed E-state index contributed by atoms with van der Waals surface area (Å²) in [5.41, 5.74) is 1.06. The number of hydrogen-bond donors (Lipinski definition) is 1. The highest BCUT2D eigenvalue weighted by Gasteiger charge is 2.42. The fourth-order valence-corrected chi connectivity index (χ4v) is 4.45. The lowest BCUT2D eigenvalue weighted by Crippen LogP contribution is -2.28. The van der Waals surface area contributed by atoms with Crippen molar-refractivity contribution in [3.05, 3.63) is 54.4 Å². The maximum absolute atomic E-state index is 9.38. The molecule has 1 saturated carbocycles. The van der Waals surface area contributed by atoms with Crippen molar-refractivity contribution < 1.29 is 9.84 Å². The molecule has 1 aromatic heterocycles. The molecule has 2 unspecified atom stereocenters. The second-order valence-electron chi connectivity index (χ2n) is 7.61. The van der Waals surface area contributed by atoms with Gasteiger partial charge in [-0.15, -0.1) is 0 Å². The number of para-hydroxylation sites is 1. The topological polar surface area (TPSA) is 45.6 Å². The molecular weight excluding hydrogens is 312 g/mol. The highest BCUT2D eigenvalue weighted by Crippen LogP contribution is 2.40. The zero-order chi connectivity index (χ0) is 17.2. The Labute approximate surface area is 149 Å². The number of fused-ring (bicyclic) bond motifs is 1. The molecule has 4 heteroatoms. The molecule has 4 rings (SSSR count). The van der Waals surface area contributed by atoms with Gasteiger partial charge in [0, 0.05) is 31.2 Å². The molecule has 1 saturated heterocycles. The maximum atomic E-state index is 9.38. The molecule has 132 valence electrons. The Balaban J connectivity index is 1.28. The zero-order valence-corrected chi connectivity index (χ0v) is 14.7. The van der Waals surface area contributed by atoms with E-state index in [1.54, 1.807) is 6.07 Å². The molecule has 2 aliphatic rings. The van der Waals surface area contributed by atoms with Crippen LogP contribution in [0, 0.1) is 11.8 Å². The quantitative estimate of drug-likeness (QED) is 0.903. The summed E-state index contributed by atoms with van der Waals surface area (Å²) in [4.78, 5) is 6.93. The highest BCUT2D eigenvalue weighted by atomic mass is 16.5. The van der Waals surface area contributed by atoms with Crippen LogP contribution in [-0.4, -0.2) is 40.7 Å². The van der Waals surface area contributed by atoms with Crippen molar-refractivity contribution in [3.63, 3.8) is 0 Å². The molecular formula is C21H26N2O2. The van der Waals surface area contributed by atoms with E-state index in [-0.39, 0.29) is 5.75 Å². The predicted molar refractivity (Wildman–Crippen MR) is 97.8 cm³/mol. The van der Waals surface area contributed by atoms with Gasteiger partial charge in [-0.05, 0) is 48.9 Å². The molecule has 0 spiro atoms. The Bertz CT molecular complexity index is 675. The molecule has 0 radical (unpaired) electrons. The van der Waals surface area contributed by atoms with E-state index in [1.165, 1.54) is 32.1 Å². The third-order valence-corrected chi connectivity index (χ3v) is 5.64. The van der Waals surface area contributed by atoms with Crippen molar-refractivity contribution in [2.45, 2.75) is 31.8 Å². The standard InChI is InChI=1S/C21H26N2O2/c1-15(21-8-7-18(24)11-22-21)12-23-13-16-9-20(10-17(16)14-23)25-19-5-3-2-4-6-19/h2-8,11,15-17,20,24H,9-10,12-14H2,1H3/t15?,16-,17+,20?. The van der Waals surface area contributed by atoms with Crippen LogP contribution in [0.5, 0.6) is 11.5 Å².